The molecule has 2 rings (SSSR count). The van der Waals surface area contributed by atoms with Gasteiger partial charge in [-0.05, 0) is 44.4 Å². The molecule has 4 heteroatoms. The number of benzene rings is 2. The number of esters is 1. The second-order valence-corrected chi connectivity index (χ2v) is 6.08. The third kappa shape index (κ3) is 4.44. The fourth-order valence-electron chi connectivity index (χ4n) is 2.57. The largest absolute Gasteiger partial charge is 0.460 e. The van der Waals surface area contributed by atoms with Gasteiger partial charge in [-0.3, -0.25) is 9.59 Å². The van der Waals surface area contributed by atoms with Crippen LogP contribution in [0.2, 0.25) is 0 Å². The molecule has 0 saturated heterocycles. The van der Waals surface area contributed by atoms with E-state index in [1.165, 1.54) is 0 Å². The first-order valence-corrected chi connectivity index (χ1v) is 7.97. The van der Waals surface area contributed by atoms with E-state index in [-0.39, 0.29) is 12.5 Å². The molecule has 0 aliphatic carbocycles. The summed E-state index contributed by atoms with van der Waals surface area (Å²) < 4.78 is 5.23. The molecule has 0 aliphatic heterocycles. The maximum atomic E-state index is 12.3. The van der Waals surface area contributed by atoms with Crippen molar-refractivity contribution in [3.05, 3.63) is 64.7 Å². The van der Waals surface area contributed by atoms with E-state index < -0.39 is 11.9 Å². The third-order valence-corrected chi connectivity index (χ3v) is 3.90. The van der Waals surface area contributed by atoms with Gasteiger partial charge in [0.25, 0.3) is 0 Å². The van der Waals surface area contributed by atoms with E-state index in [2.05, 4.69) is 5.32 Å². The Morgan fingerprint density at radius 2 is 1.62 bits per heavy atom. The first kappa shape index (κ1) is 17.7. The van der Waals surface area contributed by atoms with Crippen molar-refractivity contribution in [1.82, 2.24) is 0 Å². The number of carbonyl (C=O) groups excluding carboxylic acids is 2. The molecule has 126 valence electrons. The summed E-state index contributed by atoms with van der Waals surface area (Å²) in [4.78, 5) is 24.4. The molecule has 24 heavy (non-hydrogen) atoms. The minimum absolute atomic E-state index is 0.167. The highest BCUT2D eigenvalue weighted by molar-refractivity contribution is 6.05. The lowest BCUT2D eigenvalue weighted by molar-refractivity contribution is -0.151. The van der Waals surface area contributed by atoms with Crippen LogP contribution in [0.25, 0.3) is 0 Å². The van der Waals surface area contributed by atoms with Crippen LogP contribution < -0.4 is 5.32 Å². The standard InChI is InChI=1S/C20H23NO3/c1-13-10-14(2)18(15(3)11-13)21-19(22)16(4)20(23)24-12-17-8-6-5-7-9-17/h5-11,16H,12H2,1-4H3,(H,21,22). The summed E-state index contributed by atoms with van der Waals surface area (Å²) >= 11 is 0. The number of hydrogen-bond donors (Lipinski definition) is 1. The fourth-order valence-corrected chi connectivity index (χ4v) is 2.57. The molecule has 0 bridgehead atoms. The number of aryl methyl sites for hydroxylation is 3. The first-order chi connectivity index (χ1) is 11.4. The van der Waals surface area contributed by atoms with Gasteiger partial charge in [-0.1, -0.05) is 48.0 Å². The van der Waals surface area contributed by atoms with Crippen molar-refractivity contribution in [3.63, 3.8) is 0 Å². The summed E-state index contributed by atoms with van der Waals surface area (Å²) in [5, 5.41) is 2.84. The molecule has 0 aromatic heterocycles. The summed E-state index contributed by atoms with van der Waals surface area (Å²) in [5.41, 5.74) is 4.74. The Bertz CT molecular complexity index is 715. The molecular formula is C20H23NO3. The van der Waals surface area contributed by atoms with Crippen molar-refractivity contribution in [2.75, 3.05) is 5.32 Å². The Morgan fingerprint density at radius 3 is 2.21 bits per heavy atom. The minimum Gasteiger partial charge on any atom is -0.460 e. The van der Waals surface area contributed by atoms with Crippen molar-refractivity contribution in [2.45, 2.75) is 34.3 Å². The van der Waals surface area contributed by atoms with E-state index in [4.69, 9.17) is 4.74 Å². The van der Waals surface area contributed by atoms with Crippen LogP contribution in [0, 0.1) is 26.7 Å². The number of amides is 1. The Kier molecular flexibility index (Phi) is 5.74. The SMILES string of the molecule is Cc1cc(C)c(NC(=O)C(C)C(=O)OCc2ccccc2)c(C)c1. The fraction of sp³-hybridized carbons (Fsp3) is 0.300. The average molecular weight is 325 g/mol. The Morgan fingerprint density at radius 1 is 1.04 bits per heavy atom. The van der Waals surface area contributed by atoms with E-state index in [1.54, 1.807) is 6.92 Å². The molecule has 0 aliphatic rings. The van der Waals surface area contributed by atoms with Crippen LogP contribution in [0.1, 0.15) is 29.2 Å². The van der Waals surface area contributed by atoms with Gasteiger partial charge < -0.3 is 10.1 Å². The topological polar surface area (TPSA) is 55.4 Å². The summed E-state index contributed by atoms with van der Waals surface area (Å²) in [7, 11) is 0. The molecule has 0 saturated carbocycles. The van der Waals surface area contributed by atoms with Crippen LogP contribution in [0.5, 0.6) is 0 Å². The van der Waals surface area contributed by atoms with Gasteiger partial charge in [-0.25, -0.2) is 0 Å². The number of carbonyl (C=O) groups is 2. The van der Waals surface area contributed by atoms with Gasteiger partial charge in [-0.2, -0.15) is 0 Å². The Balaban J connectivity index is 1.98. The van der Waals surface area contributed by atoms with Gasteiger partial charge in [0.1, 0.15) is 12.5 Å². The smallest absolute Gasteiger partial charge is 0.318 e. The zero-order valence-corrected chi connectivity index (χ0v) is 14.6. The zero-order chi connectivity index (χ0) is 17.7. The van der Waals surface area contributed by atoms with E-state index in [0.717, 1.165) is 27.9 Å². The highest BCUT2D eigenvalue weighted by atomic mass is 16.5. The predicted octanol–water partition coefficient (Wildman–Crippen LogP) is 3.93. The quantitative estimate of drug-likeness (QED) is 0.669. The molecular weight excluding hydrogens is 302 g/mol. The monoisotopic (exact) mass is 325 g/mol. The van der Waals surface area contributed by atoms with Crippen molar-refractivity contribution >= 4 is 17.6 Å². The van der Waals surface area contributed by atoms with Crippen molar-refractivity contribution in [1.29, 1.82) is 0 Å². The predicted molar refractivity (Wildman–Crippen MR) is 94.7 cm³/mol. The molecule has 1 amide bonds. The Labute approximate surface area is 142 Å². The Hall–Kier alpha value is -2.62. The molecule has 2 aromatic carbocycles. The maximum Gasteiger partial charge on any atom is 0.318 e. The minimum atomic E-state index is -0.867. The van der Waals surface area contributed by atoms with Crippen LogP contribution in [-0.4, -0.2) is 11.9 Å². The summed E-state index contributed by atoms with van der Waals surface area (Å²) in [6, 6.07) is 13.4. The van der Waals surface area contributed by atoms with Gasteiger partial charge in [0.2, 0.25) is 5.91 Å². The summed E-state index contributed by atoms with van der Waals surface area (Å²) in [6.07, 6.45) is 0. The molecule has 1 unspecified atom stereocenters. The van der Waals surface area contributed by atoms with Gasteiger partial charge in [0.15, 0.2) is 0 Å². The van der Waals surface area contributed by atoms with Gasteiger partial charge in [0, 0.05) is 5.69 Å². The third-order valence-electron chi connectivity index (χ3n) is 3.90. The zero-order valence-electron chi connectivity index (χ0n) is 14.6. The van der Waals surface area contributed by atoms with E-state index in [9.17, 15) is 9.59 Å². The van der Waals surface area contributed by atoms with E-state index >= 15 is 0 Å². The highest BCUT2D eigenvalue weighted by Crippen LogP contribution is 2.22. The second-order valence-electron chi connectivity index (χ2n) is 6.08. The molecule has 1 N–H and O–H groups in total. The number of nitrogens with one attached hydrogen (secondary N) is 1. The lowest BCUT2D eigenvalue weighted by Crippen LogP contribution is -2.29. The molecule has 4 nitrogen and oxygen atoms in total. The van der Waals surface area contributed by atoms with Crippen molar-refractivity contribution in [3.8, 4) is 0 Å². The lowest BCUT2D eigenvalue weighted by Gasteiger charge is -2.16. The summed E-state index contributed by atoms with van der Waals surface area (Å²) in [5.74, 6) is -1.75. The van der Waals surface area contributed by atoms with E-state index in [0.29, 0.717) is 0 Å². The normalized spacial score (nSPS) is 11.7. The molecule has 0 radical (unpaired) electrons. The van der Waals surface area contributed by atoms with Gasteiger partial charge in [-0.15, -0.1) is 0 Å². The van der Waals surface area contributed by atoms with Crippen molar-refractivity contribution in [2.24, 2.45) is 5.92 Å². The molecule has 0 fully saturated rings. The van der Waals surface area contributed by atoms with E-state index in [1.807, 2.05) is 63.2 Å². The van der Waals surface area contributed by atoms with Crippen LogP contribution in [0.3, 0.4) is 0 Å². The number of hydrogen-bond acceptors (Lipinski definition) is 3. The van der Waals surface area contributed by atoms with Gasteiger partial charge in [0.05, 0.1) is 0 Å². The van der Waals surface area contributed by atoms with Crippen LogP contribution in [0.15, 0.2) is 42.5 Å². The lowest BCUT2D eigenvalue weighted by atomic mass is 10.0. The highest BCUT2D eigenvalue weighted by Gasteiger charge is 2.24. The molecule has 1 atom stereocenters. The van der Waals surface area contributed by atoms with Crippen molar-refractivity contribution < 1.29 is 14.3 Å². The molecule has 0 heterocycles. The molecule has 0 spiro atoms. The summed E-state index contributed by atoms with van der Waals surface area (Å²) in [6.45, 7) is 7.61. The first-order valence-electron chi connectivity index (χ1n) is 7.97. The average Bonchev–Trinajstić information content (AvgIpc) is 2.56. The number of rotatable bonds is 5. The van der Waals surface area contributed by atoms with Gasteiger partial charge >= 0.3 is 5.97 Å². The number of anilines is 1. The second kappa shape index (κ2) is 7.77. The van der Waals surface area contributed by atoms with Crippen LogP contribution >= 0.6 is 0 Å². The molecule has 2 aromatic rings. The van der Waals surface area contributed by atoms with Crippen LogP contribution in [0.4, 0.5) is 5.69 Å². The van der Waals surface area contributed by atoms with Crippen LogP contribution in [-0.2, 0) is 20.9 Å². The maximum absolute atomic E-state index is 12.3. The number of ether oxygens (including phenoxy) is 1.